The number of hydrogen-bond donors (Lipinski definition) is 3. The third-order valence-corrected chi connectivity index (χ3v) is 4.57. The molecule has 7 nitrogen and oxygen atoms in total. The van der Waals surface area contributed by atoms with Crippen LogP contribution in [0.4, 0.5) is 5.00 Å². The van der Waals surface area contributed by atoms with Crippen LogP contribution < -0.4 is 10.6 Å². The molecule has 3 N–H and O–H groups in total. The van der Waals surface area contributed by atoms with Gasteiger partial charge in [-0.15, -0.1) is 11.3 Å². The van der Waals surface area contributed by atoms with Crippen LogP contribution in [0.25, 0.3) is 0 Å². The lowest BCUT2D eigenvalue weighted by Crippen LogP contribution is -2.36. The molecule has 1 aromatic rings. The second-order valence-electron chi connectivity index (χ2n) is 5.83. The summed E-state index contributed by atoms with van der Waals surface area (Å²) < 4.78 is 5.71. The smallest absolute Gasteiger partial charge is 0.314 e. The maximum absolute atomic E-state index is 11.9. The summed E-state index contributed by atoms with van der Waals surface area (Å²) in [6, 6.07) is 2.11. The highest BCUT2D eigenvalue weighted by atomic mass is 32.1. The molecule has 124 valence electrons. The van der Waals surface area contributed by atoms with E-state index in [4.69, 9.17) is 9.84 Å². The van der Waals surface area contributed by atoms with Crippen molar-refractivity contribution in [2.45, 2.75) is 38.9 Å². The van der Waals surface area contributed by atoms with Crippen LogP contribution in [0.15, 0.2) is 0 Å². The third-order valence-electron chi connectivity index (χ3n) is 3.45. The molecule has 2 rings (SSSR count). The number of fused-ring (bicyclic) bond motifs is 1. The number of nitrogens with one attached hydrogen (secondary N) is 2. The zero-order chi connectivity index (χ0) is 17.0. The van der Waals surface area contributed by atoms with Gasteiger partial charge in [-0.25, -0.2) is 0 Å². The number of amides is 2. The molecular weight excluding hydrogens is 318 g/mol. The van der Waals surface area contributed by atoms with E-state index >= 15 is 0 Å². The number of ether oxygens (including phenoxy) is 1. The van der Waals surface area contributed by atoms with Crippen LogP contribution in [0, 0.1) is 11.3 Å². The van der Waals surface area contributed by atoms with E-state index in [0.29, 0.717) is 30.0 Å². The number of nitriles is 1. The van der Waals surface area contributed by atoms with Crippen LogP contribution in [-0.4, -0.2) is 35.7 Å². The number of hydrogen-bond acceptors (Lipinski definition) is 6. The Morgan fingerprint density at radius 3 is 2.83 bits per heavy atom. The van der Waals surface area contributed by atoms with Crippen molar-refractivity contribution in [2.24, 2.45) is 0 Å². The molecule has 0 spiro atoms. The number of rotatable bonds is 4. The Kier molecular flexibility index (Phi) is 5.36. The summed E-state index contributed by atoms with van der Waals surface area (Å²) in [7, 11) is 0. The molecule has 2 heterocycles. The average Bonchev–Trinajstić information content (AvgIpc) is 2.82. The van der Waals surface area contributed by atoms with Gasteiger partial charge >= 0.3 is 11.8 Å². The average molecular weight is 337 g/mol. The lowest BCUT2D eigenvalue weighted by Gasteiger charge is -2.29. The Morgan fingerprint density at radius 1 is 1.43 bits per heavy atom. The van der Waals surface area contributed by atoms with E-state index in [-0.39, 0.29) is 18.8 Å². The molecule has 1 aliphatic rings. The molecule has 0 unspecified atom stereocenters. The Labute approximate surface area is 138 Å². The monoisotopic (exact) mass is 337 g/mol. The minimum atomic E-state index is -0.821. The summed E-state index contributed by atoms with van der Waals surface area (Å²) in [6.45, 7) is 4.44. The summed E-state index contributed by atoms with van der Waals surface area (Å²) in [5.41, 5.74) is 0.922. The Balaban J connectivity index is 2.12. The van der Waals surface area contributed by atoms with Crippen molar-refractivity contribution in [3.63, 3.8) is 0 Å². The maximum Gasteiger partial charge on any atom is 0.314 e. The number of anilines is 1. The standard InChI is InChI=1S/C15H19N3O4S/c1-15(2)6-9-10(7-16)14(23-11(9)8-22-15)18-13(21)12(20)17-4-3-5-19/h19H,3-6,8H2,1-2H3,(H,17,20)(H,18,21). The molecule has 2 amide bonds. The Morgan fingerprint density at radius 2 is 2.17 bits per heavy atom. The van der Waals surface area contributed by atoms with Crippen molar-refractivity contribution in [3.8, 4) is 6.07 Å². The molecule has 0 radical (unpaired) electrons. The number of aliphatic hydroxyl groups is 1. The molecule has 1 aliphatic heterocycles. The highest BCUT2D eigenvalue weighted by Gasteiger charge is 2.32. The summed E-state index contributed by atoms with van der Waals surface area (Å²) in [4.78, 5) is 24.5. The van der Waals surface area contributed by atoms with Gasteiger partial charge in [-0.3, -0.25) is 9.59 Å². The second kappa shape index (κ2) is 7.08. The largest absolute Gasteiger partial charge is 0.396 e. The van der Waals surface area contributed by atoms with Crippen molar-refractivity contribution < 1.29 is 19.4 Å². The van der Waals surface area contributed by atoms with Gasteiger partial charge in [0.25, 0.3) is 0 Å². The van der Waals surface area contributed by atoms with E-state index in [1.807, 2.05) is 13.8 Å². The highest BCUT2D eigenvalue weighted by molar-refractivity contribution is 7.16. The zero-order valence-corrected chi connectivity index (χ0v) is 13.9. The van der Waals surface area contributed by atoms with E-state index in [9.17, 15) is 14.9 Å². The van der Waals surface area contributed by atoms with E-state index in [2.05, 4.69) is 16.7 Å². The van der Waals surface area contributed by atoms with Gasteiger partial charge in [0.2, 0.25) is 0 Å². The van der Waals surface area contributed by atoms with Crippen LogP contribution in [0.3, 0.4) is 0 Å². The molecular formula is C15H19N3O4S. The number of thiophene rings is 1. The van der Waals surface area contributed by atoms with Crippen molar-refractivity contribution in [1.82, 2.24) is 5.32 Å². The molecule has 0 atom stereocenters. The molecule has 0 fully saturated rings. The number of carbonyl (C=O) groups is 2. The van der Waals surface area contributed by atoms with E-state index < -0.39 is 11.8 Å². The second-order valence-corrected chi connectivity index (χ2v) is 6.94. The molecule has 23 heavy (non-hydrogen) atoms. The summed E-state index contributed by atoms with van der Waals surface area (Å²) in [5.74, 6) is -1.61. The van der Waals surface area contributed by atoms with Gasteiger partial charge in [0.15, 0.2) is 0 Å². The molecule has 1 aromatic heterocycles. The van der Waals surface area contributed by atoms with E-state index in [0.717, 1.165) is 10.4 Å². The third kappa shape index (κ3) is 4.07. The Bertz CT molecular complexity index is 660. The molecule has 0 saturated carbocycles. The molecule has 8 heteroatoms. The van der Waals surface area contributed by atoms with Gasteiger partial charge in [-0.1, -0.05) is 0 Å². The highest BCUT2D eigenvalue weighted by Crippen LogP contribution is 2.39. The molecule has 0 aliphatic carbocycles. The van der Waals surface area contributed by atoms with Crippen molar-refractivity contribution >= 4 is 28.2 Å². The SMILES string of the molecule is CC1(C)Cc2c(sc(NC(=O)C(=O)NCCCO)c2C#N)CO1. The van der Waals surface area contributed by atoms with Gasteiger partial charge in [-0.05, 0) is 25.8 Å². The molecule has 0 aromatic carbocycles. The van der Waals surface area contributed by atoms with Gasteiger partial charge in [0, 0.05) is 24.4 Å². The van der Waals surface area contributed by atoms with Gasteiger partial charge in [-0.2, -0.15) is 5.26 Å². The van der Waals surface area contributed by atoms with Crippen LogP contribution in [-0.2, 0) is 27.4 Å². The van der Waals surface area contributed by atoms with Crippen LogP contribution in [0.1, 0.15) is 36.3 Å². The van der Waals surface area contributed by atoms with Crippen molar-refractivity contribution in [2.75, 3.05) is 18.5 Å². The quantitative estimate of drug-likeness (QED) is 0.558. The fraction of sp³-hybridized carbons (Fsp3) is 0.533. The normalized spacial score (nSPS) is 15.4. The maximum atomic E-state index is 11.9. The number of carbonyl (C=O) groups excluding carboxylic acids is 2. The summed E-state index contributed by atoms with van der Waals surface area (Å²) >= 11 is 1.26. The fourth-order valence-corrected chi connectivity index (χ4v) is 3.36. The minimum absolute atomic E-state index is 0.0616. The van der Waals surface area contributed by atoms with Crippen molar-refractivity contribution in [3.05, 3.63) is 16.0 Å². The van der Waals surface area contributed by atoms with E-state index in [1.54, 1.807) is 0 Å². The molecule has 0 bridgehead atoms. The Hall–Kier alpha value is -1.95. The zero-order valence-electron chi connectivity index (χ0n) is 13.1. The van der Waals surface area contributed by atoms with E-state index in [1.165, 1.54) is 11.3 Å². The van der Waals surface area contributed by atoms with Crippen molar-refractivity contribution in [1.29, 1.82) is 5.26 Å². The predicted octanol–water partition coefficient (Wildman–Crippen LogP) is 0.908. The first-order chi connectivity index (χ1) is 10.9. The number of aliphatic hydroxyl groups excluding tert-OH is 1. The lowest BCUT2D eigenvalue weighted by atomic mass is 9.93. The van der Waals surface area contributed by atoms with Crippen LogP contribution in [0.5, 0.6) is 0 Å². The predicted molar refractivity (Wildman–Crippen MR) is 84.9 cm³/mol. The topological polar surface area (TPSA) is 111 Å². The first-order valence-electron chi connectivity index (χ1n) is 7.26. The van der Waals surface area contributed by atoms with Gasteiger partial charge < -0.3 is 20.5 Å². The first-order valence-corrected chi connectivity index (χ1v) is 8.08. The first kappa shape index (κ1) is 17.4. The lowest BCUT2D eigenvalue weighted by molar-refractivity contribution is -0.136. The number of nitrogens with zero attached hydrogens (tertiary/aromatic N) is 1. The van der Waals surface area contributed by atoms with Gasteiger partial charge in [0.1, 0.15) is 11.1 Å². The summed E-state index contributed by atoms with van der Waals surface area (Å²) in [5, 5.41) is 23.3. The minimum Gasteiger partial charge on any atom is -0.396 e. The summed E-state index contributed by atoms with van der Waals surface area (Å²) in [6.07, 6.45) is 0.961. The van der Waals surface area contributed by atoms with Crippen LogP contribution >= 0.6 is 11.3 Å². The van der Waals surface area contributed by atoms with Crippen LogP contribution in [0.2, 0.25) is 0 Å². The van der Waals surface area contributed by atoms with Gasteiger partial charge in [0.05, 0.1) is 17.8 Å². The fourth-order valence-electron chi connectivity index (χ4n) is 2.28. The molecule has 0 saturated heterocycles.